The van der Waals surface area contributed by atoms with Crippen LogP contribution < -0.4 is 11.1 Å². The molecule has 0 saturated heterocycles. The third kappa shape index (κ3) is 6.67. The molecule has 38 heavy (non-hydrogen) atoms. The lowest BCUT2D eigenvalue weighted by atomic mass is 9.43. The summed E-state index contributed by atoms with van der Waals surface area (Å²) in [5.74, 6) is 6.03. The van der Waals surface area contributed by atoms with E-state index in [9.17, 15) is 5.11 Å². The maximum atomic E-state index is 10.7. The quantitative estimate of drug-likeness (QED) is 0.198. The van der Waals surface area contributed by atoms with E-state index in [2.05, 4.69) is 39.9 Å². The monoisotopic (exact) mass is 531 g/mol. The van der Waals surface area contributed by atoms with Crippen molar-refractivity contribution in [2.45, 2.75) is 156 Å². The first kappa shape index (κ1) is 30.8. The van der Waals surface area contributed by atoms with Gasteiger partial charge in [0.1, 0.15) is 0 Å². The molecule has 0 spiro atoms. The van der Waals surface area contributed by atoms with Gasteiger partial charge in [-0.2, -0.15) is 0 Å². The molecule has 10 atom stereocenters. The number of nitrogens with two attached hydrogens (primary N) is 1. The van der Waals surface area contributed by atoms with Crippen molar-refractivity contribution in [1.29, 1.82) is 0 Å². The van der Waals surface area contributed by atoms with Crippen LogP contribution in [0.25, 0.3) is 0 Å². The molecular weight excluding hydrogens is 464 g/mol. The van der Waals surface area contributed by atoms with Gasteiger partial charge in [0.05, 0.1) is 6.10 Å². The molecule has 0 amide bonds. The molecule has 4 unspecified atom stereocenters. The molecule has 4 rings (SSSR count). The van der Waals surface area contributed by atoms with Gasteiger partial charge in [-0.1, -0.05) is 79.6 Å². The van der Waals surface area contributed by atoms with Gasteiger partial charge in [0.2, 0.25) is 0 Å². The second-order valence-electron chi connectivity index (χ2n) is 15.7. The molecule has 4 saturated carbocycles. The van der Waals surface area contributed by atoms with E-state index in [4.69, 9.17) is 5.73 Å². The van der Waals surface area contributed by atoms with Crippen molar-refractivity contribution < 1.29 is 5.11 Å². The zero-order chi connectivity index (χ0) is 27.3. The first-order valence-corrected chi connectivity index (χ1v) is 17.3. The van der Waals surface area contributed by atoms with Gasteiger partial charge in [-0.15, -0.1) is 0 Å². The van der Waals surface area contributed by atoms with Crippen LogP contribution in [0.3, 0.4) is 0 Å². The average molecular weight is 531 g/mol. The molecule has 0 aromatic heterocycles. The molecule has 4 aliphatic carbocycles. The maximum absolute atomic E-state index is 10.7. The van der Waals surface area contributed by atoms with Crippen molar-refractivity contribution in [2.75, 3.05) is 13.1 Å². The minimum atomic E-state index is -0.0760. The predicted octanol–water partition coefficient (Wildman–Crippen LogP) is 8.34. The minimum absolute atomic E-state index is 0.0760. The number of nitrogens with one attached hydrogen (secondary N) is 1. The highest BCUT2D eigenvalue weighted by Crippen LogP contribution is 2.68. The number of rotatable bonds is 14. The lowest BCUT2D eigenvalue weighted by Gasteiger charge is -2.63. The molecule has 0 aliphatic heterocycles. The molecule has 0 heterocycles. The molecule has 0 aromatic rings. The summed E-state index contributed by atoms with van der Waals surface area (Å²) in [6.07, 6.45) is 22.6. The minimum Gasteiger partial charge on any atom is -0.393 e. The predicted molar refractivity (Wildman–Crippen MR) is 163 cm³/mol. The molecule has 3 nitrogen and oxygen atoms in total. The first-order chi connectivity index (χ1) is 18.2. The molecule has 4 aliphatic rings. The van der Waals surface area contributed by atoms with Gasteiger partial charge in [0.25, 0.3) is 0 Å². The molecule has 0 radical (unpaired) electrons. The topological polar surface area (TPSA) is 58.3 Å². The fraction of sp³-hybridized carbons (Fsp3) is 1.00. The van der Waals surface area contributed by atoms with Crippen molar-refractivity contribution in [1.82, 2.24) is 5.32 Å². The highest BCUT2D eigenvalue weighted by atomic mass is 16.3. The second-order valence-corrected chi connectivity index (χ2v) is 15.7. The summed E-state index contributed by atoms with van der Waals surface area (Å²) in [4.78, 5) is 0. The smallest absolute Gasteiger partial charge is 0.0543 e. The molecule has 0 aromatic carbocycles. The van der Waals surface area contributed by atoms with E-state index in [1.54, 1.807) is 0 Å². The van der Waals surface area contributed by atoms with Crippen LogP contribution in [-0.2, 0) is 0 Å². The van der Waals surface area contributed by atoms with Crippen LogP contribution in [-0.4, -0.2) is 30.3 Å². The van der Waals surface area contributed by atoms with Crippen molar-refractivity contribution in [3.8, 4) is 0 Å². The van der Waals surface area contributed by atoms with Gasteiger partial charge in [-0.05, 0) is 130 Å². The Bertz CT molecular complexity index is 710. The highest BCUT2D eigenvalue weighted by molar-refractivity contribution is 5.12. The van der Waals surface area contributed by atoms with Crippen LogP contribution in [0, 0.1) is 52.3 Å². The number of hydrogen-bond donors (Lipinski definition) is 3. The van der Waals surface area contributed by atoms with Gasteiger partial charge in [-0.25, -0.2) is 0 Å². The SMILES string of the molecule is CC(C)CCC[C@@H](C)[C@H]1CCC2C3C[C@@H](NCCCCCCCCN)C4C[C@@H](O)CC[C@]4(C)C3CC[C@@]21C. The van der Waals surface area contributed by atoms with Crippen LogP contribution in [0.15, 0.2) is 0 Å². The molecule has 222 valence electrons. The summed E-state index contributed by atoms with van der Waals surface area (Å²) >= 11 is 0. The van der Waals surface area contributed by atoms with Crippen molar-refractivity contribution in [3.63, 3.8) is 0 Å². The number of unbranched alkanes of at least 4 members (excludes halogenated alkanes) is 5. The van der Waals surface area contributed by atoms with Crippen LogP contribution in [0.2, 0.25) is 0 Å². The van der Waals surface area contributed by atoms with Crippen LogP contribution in [0.5, 0.6) is 0 Å². The average Bonchev–Trinajstić information content (AvgIpc) is 3.23. The van der Waals surface area contributed by atoms with E-state index >= 15 is 0 Å². The van der Waals surface area contributed by atoms with Crippen molar-refractivity contribution in [2.24, 2.45) is 58.0 Å². The summed E-state index contributed by atoms with van der Waals surface area (Å²) in [5, 5.41) is 14.9. The lowest BCUT2D eigenvalue weighted by Crippen LogP contribution is -2.61. The third-order valence-corrected chi connectivity index (χ3v) is 12.9. The summed E-state index contributed by atoms with van der Waals surface area (Å²) in [6.45, 7) is 14.8. The van der Waals surface area contributed by atoms with E-state index in [0.29, 0.717) is 22.8 Å². The Labute approximate surface area is 237 Å². The van der Waals surface area contributed by atoms with Crippen molar-refractivity contribution >= 4 is 0 Å². The zero-order valence-corrected chi connectivity index (χ0v) is 26.2. The largest absolute Gasteiger partial charge is 0.393 e. The van der Waals surface area contributed by atoms with E-state index in [1.165, 1.54) is 103 Å². The second kappa shape index (κ2) is 13.7. The van der Waals surface area contributed by atoms with Gasteiger partial charge in [0.15, 0.2) is 0 Å². The molecular formula is C35H66N2O. The normalized spacial score (nSPS) is 41.5. The number of aliphatic hydroxyl groups excluding tert-OH is 1. The van der Waals surface area contributed by atoms with E-state index in [0.717, 1.165) is 54.9 Å². The number of hydrogen-bond acceptors (Lipinski definition) is 3. The summed E-state index contributed by atoms with van der Waals surface area (Å²) < 4.78 is 0. The molecule has 3 heteroatoms. The summed E-state index contributed by atoms with van der Waals surface area (Å²) in [6, 6.07) is 0.610. The Kier molecular flexibility index (Phi) is 11.1. The Morgan fingerprint density at radius 3 is 2.18 bits per heavy atom. The van der Waals surface area contributed by atoms with Gasteiger partial charge in [-0.3, -0.25) is 0 Å². The molecule has 4 N–H and O–H groups in total. The van der Waals surface area contributed by atoms with E-state index < -0.39 is 0 Å². The van der Waals surface area contributed by atoms with Crippen LogP contribution in [0.1, 0.15) is 144 Å². The Hall–Kier alpha value is -0.120. The third-order valence-electron chi connectivity index (χ3n) is 12.9. The molecule has 0 bridgehead atoms. The lowest BCUT2D eigenvalue weighted by molar-refractivity contribution is -0.141. The maximum Gasteiger partial charge on any atom is 0.0543 e. The Morgan fingerprint density at radius 2 is 1.45 bits per heavy atom. The van der Waals surface area contributed by atoms with E-state index in [-0.39, 0.29) is 6.10 Å². The van der Waals surface area contributed by atoms with Gasteiger partial charge >= 0.3 is 0 Å². The Morgan fingerprint density at radius 1 is 0.763 bits per heavy atom. The summed E-state index contributed by atoms with van der Waals surface area (Å²) in [7, 11) is 0. The number of fused-ring (bicyclic) bond motifs is 5. The zero-order valence-electron chi connectivity index (χ0n) is 26.2. The van der Waals surface area contributed by atoms with Crippen LogP contribution in [0.4, 0.5) is 0 Å². The van der Waals surface area contributed by atoms with Gasteiger partial charge in [0, 0.05) is 6.04 Å². The first-order valence-electron chi connectivity index (χ1n) is 17.3. The fourth-order valence-electron chi connectivity index (χ4n) is 10.8. The molecule has 4 fully saturated rings. The standard InChI is InChI=1S/C35H66N2O/c1-25(2)13-12-14-26(3)29-15-16-30-28-24-33(37-22-11-9-7-6-8-10-21-36)32-23-27(38)17-19-35(32,5)31(28)18-20-34(29,30)4/h25-33,37-38H,6-24,36H2,1-5H3/t26-,27+,28?,29-,30?,31?,32?,33-,34-,35-/m1/s1. The summed E-state index contributed by atoms with van der Waals surface area (Å²) in [5.41, 5.74) is 6.64. The highest BCUT2D eigenvalue weighted by Gasteiger charge is 2.62. The van der Waals surface area contributed by atoms with Gasteiger partial charge < -0.3 is 16.2 Å². The fourth-order valence-corrected chi connectivity index (χ4v) is 10.8. The Balaban J connectivity index is 1.41. The van der Waals surface area contributed by atoms with E-state index in [1.807, 2.05) is 0 Å². The van der Waals surface area contributed by atoms with Crippen LogP contribution >= 0.6 is 0 Å². The van der Waals surface area contributed by atoms with Crippen molar-refractivity contribution in [3.05, 3.63) is 0 Å². The number of aliphatic hydroxyl groups is 1.